The number of carbonyl (C=O) groups is 1. The fourth-order valence-electron chi connectivity index (χ4n) is 4.10. The van der Waals surface area contributed by atoms with Crippen molar-refractivity contribution in [2.24, 2.45) is 0 Å². The van der Waals surface area contributed by atoms with Gasteiger partial charge in [-0.2, -0.15) is 5.10 Å². The van der Waals surface area contributed by atoms with Crippen LogP contribution >= 0.6 is 0 Å². The van der Waals surface area contributed by atoms with Crippen molar-refractivity contribution in [1.29, 1.82) is 0 Å². The second-order valence-corrected chi connectivity index (χ2v) is 7.96. The van der Waals surface area contributed by atoms with Gasteiger partial charge in [-0.3, -0.25) is 9.59 Å². The van der Waals surface area contributed by atoms with Crippen LogP contribution in [-0.4, -0.2) is 56.7 Å². The van der Waals surface area contributed by atoms with E-state index in [9.17, 15) is 9.59 Å². The lowest BCUT2D eigenvalue weighted by Crippen LogP contribution is -2.39. The third kappa shape index (κ3) is 3.75. The zero-order valence-corrected chi connectivity index (χ0v) is 17.9. The molecule has 8 heteroatoms. The lowest BCUT2D eigenvalue weighted by atomic mass is 10.2. The van der Waals surface area contributed by atoms with Gasteiger partial charge in [0.25, 0.3) is 5.91 Å². The minimum Gasteiger partial charge on any atom is -0.341 e. The summed E-state index contributed by atoms with van der Waals surface area (Å²) in [6, 6.07) is 18.9. The van der Waals surface area contributed by atoms with Gasteiger partial charge < -0.3 is 14.8 Å². The number of hydrogen-bond donors (Lipinski definition) is 1. The topological polar surface area (TPSA) is 87.1 Å². The van der Waals surface area contributed by atoms with Crippen LogP contribution in [0.25, 0.3) is 16.7 Å². The first kappa shape index (κ1) is 20.0. The number of nitrogens with one attached hydrogen (secondary N) is 1. The van der Waals surface area contributed by atoms with E-state index in [1.807, 2.05) is 61.5 Å². The largest absolute Gasteiger partial charge is 0.341 e. The van der Waals surface area contributed by atoms with Crippen LogP contribution in [0.4, 0.5) is 5.95 Å². The summed E-state index contributed by atoms with van der Waals surface area (Å²) in [4.78, 5) is 37.8. The summed E-state index contributed by atoms with van der Waals surface area (Å²) in [7, 11) is 0. The molecule has 1 aliphatic heterocycles. The number of amides is 1. The zero-order chi connectivity index (χ0) is 22.1. The first-order valence-corrected chi connectivity index (χ1v) is 10.8. The summed E-state index contributed by atoms with van der Waals surface area (Å²) in [5.41, 5.74) is 3.01. The van der Waals surface area contributed by atoms with E-state index in [4.69, 9.17) is 0 Å². The highest BCUT2D eigenvalue weighted by Gasteiger charge is 2.25. The number of H-pyrrole nitrogens is 1. The maximum atomic E-state index is 13.3. The maximum absolute atomic E-state index is 13.3. The average Bonchev–Trinajstić information content (AvgIpc) is 3.09. The normalized spacial score (nSPS) is 14.5. The number of aromatic amines is 1. The van der Waals surface area contributed by atoms with Crippen molar-refractivity contribution in [2.45, 2.75) is 13.3 Å². The summed E-state index contributed by atoms with van der Waals surface area (Å²) in [5.74, 6) is 0.478. The lowest BCUT2D eigenvalue weighted by molar-refractivity contribution is 0.0757. The van der Waals surface area contributed by atoms with Crippen molar-refractivity contribution in [3.05, 3.63) is 82.3 Å². The molecule has 2 aromatic heterocycles. The van der Waals surface area contributed by atoms with Gasteiger partial charge in [-0.05, 0) is 37.6 Å². The molecule has 1 saturated heterocycles. The van der Waals surface area contributed by atoms with E-state index in [-0.39, 0.29) is 17.0 Å². The van der Waals surface area contributed by atoms with Gasteiger partial charge in [0.1, 0.15) is 0 Å². The molecule has 1 N–H and O–H groups in total. The molecule has 0 aliphatic carbocycles. The molecule has 162 valence electrons. The first-order valence-electron chi connectivity index (χ1n) is 10.8. The molecule has 8 nitrogen and oxygen atoms in total. The van der Waals surface area contributed by atoms with Gasteiger partial charge in [-0.1, -0.05) is 30.3 Å². The average molecular weight is 428 g/mol. The molecule has 32 heavy (non-hydrogen) atoms. The number of anilines is 1. The van der Waals surface area contributed by atoms with Crippen LogP contribution in [0.15, 0.2) is 65.5 Å². The van der Waals surface area contributed by atoms with Crippen LogP contribution < -0.4 is 10.3 Å². The van der Waals surface area contributed by atoms with Gasteiger partial charge in [0, 0.05) is 37.9 Å². The van der Waals surface area contributed by atoms with Gasteiger partial charge in [-0.25, -0.2) is 9.67 Å². The Balaban J connectivity index is 1.37. The number of aromatic nitrogens is 4. The SMILES string of the molecule is Cc1cc(=O)c(C(=O)N2CCCN(c3nc4ccccc4[nH]3)CC2)nn1-c1ccccc1. The van der Waals surface area contributed by atoms with Crippen molar-refractivity contribution < 1.29 is 4.79 Å². The summed E-state index contributed by atoms with van der Waals surface area (Å²) in [5, 5.41) is 4.43. The molecule has 1 amide bonds. The summed E-state index contributed by atoms with van der Waals surface area (Å²) in [6.07, 6.45) is 0.779. The summed E-state index contributed by atoms with van der Waals surface area (Å²) >= 11 is 0. The lowest BCUT2D eigenvalue weighted by Gasteiger charge is -2.21. The molecule has 0 atom stereocenters. The molecule has 5 rings (SSSR count). The Bertz CT molecular complexity index is 1290. The van der Waals surface area contributed by atoms with Crippen LogP contribution in [0.1, 0.15) is 22.6 Å². The molecule has 0 radical (unpaired) electrons. The van der Waals surface area contributed by atoms with Crippen LogP contribution in [0, 0.1) is 6.92 Å². The number of para-hydroxylation sites is 3. The fraction of sp³-hybridized carbons (Fsp3) is 0.250. The first-order chi connectivity index (χ1) is 15.6. The van der Waals surface area contributed by atoms with Gasteiger partial charge in [0.05, 0.1) is 16.7 Å². The predicted molar refractivity (Wildman–Crippen MR) is 123 cm³/mol. The number of benzene rings is 2. The van der Waals surface area contributed by atoms with Gasteiger partial charge in [-0.15, -0.1) is 0 Å². The molecule has 1 aliphatic rings. The van der Waals surface area contributed by atoms with E-state index in [2.05, 4.69) is 20.0 Å². The standard InChI is InChI=1S/C24H24N6O2/c1-17-16-21(31)22(27-30(17)18-8-3-2-4-9-18)23(32)28-12-7-13-29(15-14-28)24-25-19-10-5-6-11-20(19)26-24/h2-6,8-11,16H,7,12-15H2,1H3,(H,25,26). The number of nitrogens with zero attached hydrogens (tertiary/aromatic N) is 5. The van der Waals surface area contributed by atoms with Crippen LogP contribution in [0.5, 0.6) is 0 Å². The number of carbonyl (C=O) groups excluding carboxylic acids is 1. The Kier molecular flexibility index (Phi) is 5.18. The van der Waals surface area contributed by atoms with E-state index in [1.54, 1.807) is 9.58 Å². The molecule has 3 heterocycles. The van der Waals surface area contributed by atoms with Crippen molar-refractivity contribution in [3.8, 4) is 5.69 Å². The Hall–Kier alpha value is -3.94. The quantitative estimate of drug-likeness (QED) is 0.542. The monoisotopic (exact) mass is 428 g/mol. The van der Waals surface area contributed by atoms with Gasteiger partial charge >= 0.3 is 0 Å². The minimum absolute atomic E-state index is 0.0448. The maximum Gasteiger partial charge on any atom is 0.278 e. The molecule has 1 fully saturated rings. The van der Waals surface area contributed by atoms with Crippen molar-refractivity contribution >= 4 is 22.9 Å². The van der Waals surface area contributed by atoms with Crippen LogP contribution in [0.2, 0.25) is 0 Å². The molecule has 2 aromatic carbocycles. The molecule has 0 spiro atoms. The number of aryl methyl sites for hydroxylation is 1. The fourth-order valence-corrected chi connectivity index (χ4v) is 4.10. The Morgan fingerprint density at radius 3 is 2.56 bits per heavy atom. The Morgan fingerprint density at radius 2 is 1.75 bits per heavy atom. The third-order valence-corrected chi connectivity index (χ3v) is 5.77. The van der Waals surface area contributed by atoms with Crippen molar-refractivity contribution in [3.63, 3.8) is 0 Å². The van der Waals surface area contributed by atoms with E-state index in [0.29, 0.717) is 25.3 Å². The summed E-state index contributed by atoms with van der Waals surface area (Å²) < 4.78 is 1.65. The van der Waals surface area contributed by atoms with Crippen molar-refractivity contribution in [2.75, 3.05) is 31.1 Å². The van der Waals surface area contributed by atoms with Crippen LogP contribution in [-0.2, 0) is 0 Å². The van der Waals surface area contributed by atoms with E-state index in [1.165, 1.54) is 6.07 Å². The van der Waals surface area contributed by atoms with Gasteiger partial charge in [0.15, 0.2) is 5.69 Å². The summed E-state index contributed by atoms with van der Waals surface area (Å²) in [6.45, 7) is 4.28. The molecule has 4 aromatic rings. The second kappa shape index (κ2) is 8.30. The van der Waals surface area contributed by atoms with E-state index >= 15 is 0 Å². The Labute approximate surface area is 185 Å². The number of rotatable bonds is 3. The molecule has 0 bridgehead atoms. The number of fused-ring (bicyclic) bond motifs is 1. The zero-order valence-electron chi connectivity index (χ0n) is 17.9. The highest BCUT2D eigenvalue weighted by Crippen LogP contribution is 2.19. The molecule has 0 saturated carbocycles. The Morgan fingerprint density at radius 1 is 0.969 bits per heavy atom. The highest BCUT2D eigenvalue weighted by molar-refractivity contribution is 5.92. The predicted octanol–water partition coefficient (Wildman–Crippen LogP) is 2.77. The van der Waals surface area contributed by atoms with E-state index in [0.717, 1.165) is 35.6 Å². The minimum atomic E-state index is -0.349. The van der Waals surface area contributed by atoms with Gasteiger partial charge in [0.2, 0.25) is 11.4 Å². The van der Waals surface area contributed by atoms with E-state index < -0.39 is 0 Å². The smallest absolute Gasteiger partial charge is 0.278 e. The third-order valence-electron chi connectivity index (χ3n) is 5.77. The van der Waals surface area contributed by atoms with Crippen LogP contribution in [0.3, 0.4) is 0 Å². The molecular formula is C24H24N6O2. The molecule has 0 unspecified atom stereocenters. The van der Waals surface area contributed by atoms with Crippen molar-refractivity contribution in [1.82, 2.24) is 24.6 Å². The second-order valence-electron chi connectivity index (χ2n) is 7.96. The molecular weight excluding hydrogens is 404 g/mol. The number of hydrogen-bond acceptors (Lipinski definition) is 5. The highest BCUT2D eigenvalue weighted by atomic mass is 16.2. The number of imidazole rings is 1.